The minimum Gasteiger partial charge on any atom is -0.497 e. The van der Waals surface area contributed by atoms with Crippen LogP contribution in [0.3, 0.4) is 0 Å². The fourth-order valence-electron chi connectivity index (χ4n) is 3.16. The average molecular weight is 424 g/mol. The van der Waals surface area contributed by atoms with Gasteiger partial charge in [0.1, 0.15) is 23.2 Å². The van der Waals surface area contributed by atoms with Gasteiger partial charge >= 0.3 is 0 Å². The highest BCUT2D eigenvalue weighted by molar-refractivity contribution is 5.84. The van der Waals surface area contributed by atoms with Crippen molar-refractivity contribution in [1.82, 2.24) is 0 Å². The van der Waals surface area contributed by atoms with E-state index < -0.39 is 34.6 Å². The Balaban J connectivity index is 1.70. The molecule has 0 spiro atoms. The minimum absolute atomic E-state index is 0.0156. The fraction of sp³-hybridized carbons (Fsp3) is 0.0400. The lowest BCUT2D eigenvalue weighted by Crippen LogP contribution is -1.94. The quantitative estimate of drug-likeness (QED) is 0.260. The van der Waals surface area contributed by atoms with Crippen molar-refractivity contribution in [1.29, 1.82) is 0 Å². The van der Waals surface area contributed by atoms with Crippen molar-refractivity contribution in [3.8, 4) is 28.7 Å². The summed E-state index contributed by atoms with van der Waals surface area (Å²) < 4.78 is 75.0. The molecule has 0 aliphatic heterocycles. The van der Waals surface area contributed by atoms with E-state index in [9.17, 15) is 22.0 Å². The molecule has 0 atom stereocenters. The first kappa shape index (κ1) is 20.4. The molecule has 154 valence electrons. The molecule has 0 saturated heterocycles. The van der Waals surface area contributed by atoms with Crippen molar-refractivity contribution in [2.75, 3.05) is 7.11 Å². The molecular formula is C25H13F5O. The highest BCUT2D eigenvalue weighted by Gasteiger charge is 2.14. The molecule has 0 aliphatic rings. The zero-order valence-corrected chi connectivity index (χ0v) is 16.1. The van der Waals surface area contributed by atoms with Crippen LogP contribution < -0.4 is 4.74 Å². The molecule has 0 aliphatic carbocycles. The van der Waals surface area contributed by atoms with Gasteiger partial charge in [0.25, 0.3) is 0 Å². The monoisotopic (exact) mass is 424 g/mol. The van der Waals surface area contributed by atoms with Gasteiger partial charge in [-0.2, -0.15) is 0 Å². The molecular weight excluding hydrogens is 411 g/mol. The Morgan fingerprint density at radius 1 is 0.613 bits per heavy atom. The Bertz CT molecular complexity index is 1360. The Labute approximate surface area is 174 Å². The second-order valence-electron chi connectivity index (χ2n) is 6.74. The van der Waals surface area contributed by atoms with Gasteiger partial charge in [0.15, 0.2) is 11.6 Å². The lowest BCUT2D eigenvalue weighted by atomic mass is 10.0. The highest BCUT2D eigenvalue weighted by Crippen LogP contribution is 2.29. The van der Waals surface area contributed by atoms with Crippen molar-refractivity contribution in [3.63, 3.8) is 0 Å². The smallest absolute Gasteiger partial charge is 0.159 e. The van der Waals surface area contributed by atoms with E-state index in [1.165, 1.54) is 37.4 Å². The molecule has 4 rings (SSSR count). The van der Waals surface area contributed by atoms with E-state index in [4.69, 9.17) is 4.74 Å². The summed E-state index contributed by atoms with van der Waals surface area (Å²) in [7, 11) is 1.38. The van der Waals surface area contributed by atoms with Gasteiger partial charge in [-0.3, -0.25) is 0 Å². The summed E-state index contributed by atoms with van der Waals surface area (Å²) in [5, 5.41) is 0.865. The zero-order valence-electron chi connectivity index (χ0n) is 16.1. The number of halogens is 5. The summed E-state index contributed by atoms with van der Waals surface area (Å²) in [5.41, 5.74) is -0.0866. The first-order valence-electron chi connectivity index (χ1n) is 9.09. The summed E-state index contributed by atoms with van der Waals surface area (Å²) in [4.78, 5) is 0. The Morgan fingerprint density at radius 2 is 1.29 bits per heavy atom. The number of hydrogen-bond acceptors (Lipinski definition) is 1. The number of hydrogen-bond donors (Lipinski definition) is 0. The lowest BCUT2D eigenvalue weighted by molar-refractivity contribution is 0.411. The van der Waals surface area contributed by atoms with Gasteiger partial charge in [0.2, 0.25) is 0 Å². The standard InChI is InChI=1S/C25H13F5O/c1-31-18-5-7-19(23(28)13-18)17-11-21(26)20(22(27)12-17)6-3-14-2-4-15-9-24(29)25(30)10-16(15)8-14/h2,4-5,7-13H,1H3. The van der Waals surface area contributed by atoms with E-state index in [0.29, 0.717) is 16.3 Å². The maximum atomic E-state index is 14.5. The highest BCUT2D eigenvalue weighted by atomic mass is 19.2. The summed E-state index contributed by atoms with van der Waals surface area (Å²) in [6, 6.07) is 12.6. The van der Waals surface area contributed by atoms with E-state index in [0.717, 1.165) is 30.3 Å². The molecule has 1 nitrogen and oxygen atoms in total. The Hall–Kier alpha value is -3.85. The van der Waals surface area contributed by atoms with Crippen molar-refractivity contribution in [2.24, 2.45) is 0 Å². The molecule has 0 bridgehead atoms. The molecule has 0 aromatic heterocycles. The third kappa shape index (κ3) is 4.08. The second-order valence-corrected chi connectivity index (χ2v) is 6.74. The van der Waals surface area contributed by atoms with Crippen LogP contribution in [-0.4, -0.2) is 7.11 Å². The van der Waals surface area contributed by atoms with Gasteiger partial charge < -0.3 is 4.74 Å². The van der Waals surface area contributed by atoms with Crippen LogP contribution in [0.2, 0.25) is 0 Å². The molecule has 0 unspecified atom stereocenters. The second kappa shape index (κ2) is 8.11. The van der Waals surface area contributed by atoms with Crippen LogP contribution >= 0.6 is 0 Å². The number of rotatable bonds is 2. The number of ether oxygens (including phenoxy) is 1. The molecule has 0 N–H and O–H groups in total. The maximum Gasteiger partial charge on any atom is 0.159 e. The minimum atomic E-state index is -1.00. The normalized spacial score (nSPS) is 10.6. The Morgan fingerprint density at radius 3 is 1.94 bits per heavy atom. The molecule has 6 heteroatoms. The number of benzene rings is 4. The van der Waals surface area contributed by atoms with Crippen LogP contribution in [0.4, 0.5) is 22.0 Å². The van der Waals surface area contributed by atoms with Crippen molar-refractivity contribution in [2.45, 2.75) is 0 Å². The van der Waals surface area contributed by atoms with Crippen LogP contribution in [0, 0.1) is 40.9 Å². The number of fused-ring (bicyclic) bond motifs is 1. The van der Waals surface area contributed by atoms with Crippen LogP contribution in [0.15, 0.2) is 60.7 Å². The van der Waals surface area contributed by atoms with Gasteiger partial charge in [-0.05, 0) is 64.9 Å². The summed E-state index contributed by atoms with van der Waals surface area (Å²) >= 11 is 0. The third-order valence-electron chi connectivity index (χ3n) is 4.74. The molecule has 31 heavy (non-hydrogen) atoms. The summed E-state index contributed by atoms with van der Waals surface area (Å²) in [6.07, 6.45) is 0. The van der Waals surface area contributed by atoms with Crippen LogP contribution in [0.25, 0.3) is 21.9 Å². The number of methoxy groups -OCH3 is 1. The zero-order chi connectivity index (χ0) is 22.1. The molecule has 4 aromatic rings. The van der Waals surface area contributed by atoms with Gasteiger partial charge in [-0.25, -0.2) is 22.0 Å². The van der Waals surface area contributed by atoms with E-state index in [1.54, 1.807) is 0 Å². The molecule has 4 aromatic carbocycles. The van der Waals surface area contributed by atoms with Gasteiger partial charge in [0.05, 0.1) is 12.7 Å². The van der Waals surface area contributed by atoms with E-state index >= 15 is 0 Å². The van der Waals surface area contributed by atoms with E-state index in [2.05, 4.69) is 11.8 Å². The summed E-state index contributed by atoms with van der Waals surface area (Å²) in [6.45, 7) is 0. The van der Waals surface area contributed by atoms with E-state index in [1.807, 2.05) is 0 Å². The van der Waals surface area contributed by atoms with Crippen molar-refractivity contribution < 1.29 is 26.7 Å². The lowest BCUT2D eigenvalue weighted by Gasteiger charge is -2.08. The molecule has 0 saturated carbocycles. The topological polar surface area (TPSA) is 9.23 Å². The Kier molecular flexibility index (Phi) is 5.35. The van der Waals surface area contributed by atoms with Crippen LogP contribution in [0.1, 0.15) is 11.1 Å². The van der Waals surface area contributed by atoms with Gasteiger partial charge in [0, 0.05) is 17.2 Å². The average Bonchev–Trinajstić information content (AvgIpc) is 2.73. The molecule has 0 fully saturated rings. The van der Waals surface area contributed by atoms with Crippen molar-refractivity contribution in [3.05, 3.63) is 101 Å². The predicted molar refractivity (Wildman–Crippen MR) is 108 cm³/mol. The third-order valence-corrected chi connectivity index (χ3v) is 4.74. The largest absolute Gasteiger partial charge is 0.497 e. The SMILES string of the molecule is COc1ccc(-c2cc(F)c(C#Cc3ccc4cc(F)c(F)cc4c3)c(F)c2)c(F)c1. The van der Waals surface area contributed by atoms with Gasteiger partial charge in [-0.1, -0.05) is 17.9 Å². The molecule has 0 heterocycles. The fourth-order valence-corrected chi connectivity index (χ4v) is 3.16. The van der Waals surface area contributed by atoms with Crippen LogP contribution in [0.5, 0.6) is 5.75 Å². The first-order valence-corrected chi connectivity index (χ1v) is 9.09. The molecule has 0 amide bonds. The summed E-state index contributed by atoms with van der Waals surface area (Å²) in [5.74, 6) is 0.756. The van der Waals surface area contributed by atoms with Gasteiger partial charge in [-0.15, -0.1) is 0 Å². The van der Waals surface area contributed by atoms with Crippen LogP contribution in [-0.2, 0) is 0 Å². The van der Waals surface area contributed by atoms with Crippen molar-refractivity contribution >= 4 is 10.8 Å². The molecule has 0 radical (unpaired) electrons. The first-order chi connectivity index (χ1) is 14.9. The maximum absolute atomic E-state index is 14.5. The predicted octanol–water partition coefficient (Wildman–Crippen LogP) is 6.61. The van der Waals surface area contributed by atoms with E-state index in [-0.39, 0.29) is 16.9 Å².